The molecule has 0 amide bonds. The summed E-state index contributed by atoms with van der Waals surface area (Å²) in [7, 11) is 0. The molecule has 3 aromatic rings. The van der Waals surface area contributed by atoms with Crippen LogP contribution in [0, 0.1) is 0 Å². The summed E-state index contributed by atoms with van der Waals surface area (Å²) in [5.74, 6) is 0. The van der Waals surface area contributed by atoms with E-state index in [9.17, 15) is 0 Å². The minimum absolute atomic E-state index is 1.13. The molecule has 0 heteroatoms. The van der Waals surface area contributed by atoms with Crippen LogP contribution in [0.25, 0.3) is 0 Å². The molecule has 0 radical (unpaired) electrons. The third kappa shape index (κ3) is 3.76. The van der Waals surface area contributed by atoms with E-state index >= 15 is 0 Å². The number of aryl methyl sites for hydroxylation is 6. The van der Waals surface area contributed by atoms with Crippen molar-refractivity contribution in [2.45, 2.75) is 38.5 Å². The molecule has 120 valence electrons. The van der Waals surface area contributed by atoms with E-state index in [1.54, 1.807) is 0 Å². The number of benzene rings is 3. The van der Waals surface area contributed by atoms with Crippen LogP contribution in [-0.2, 0) is 38.5 Å². The molecule has 0 N–H and O–H groups in total. The summed E-state index contributed by atoms with van der Waals surface area (Å²) in [5, 5.41) is 0. The van der Waals surface area contributed by atoms with Crippen molar-refractivity contribution in [2.24, 2.45) is 0 Å². The second-order valence-corrected chi connectivity index (χ2v) is 6.96. The quantitative estimate of drug-likeness (QED) is 0.524. The third-order valence-electron chi connectivity index (χ3n) is 5.11. The highest BCUT2D eigenvalue weighted by molar-refractivity contribution is 5.30. The predicted molar refractivity (Wildman–Crippen MR) is 102 cm³/mol. The Hall–Kier alpha value is -2.34. The van der Waals surface area contributed by atoms with Crippen LogP contribution in [-0.4, -0.2) is 0 Å². The Morgan fingerprint density at radius 2 is 0.625 bits per heavy atom. The van der Waals surface area contributed by atoms with Crippen molar-refractivity contribution >= 4 is 0 Å². The molecule has 24 heavy (non-hydrogen) atoms. The molecule has 0 aliphatic heterocycles. The fourth-order valence-electron chi connectivity index (χ4n) is 3.62. The van der Waals surface area contributed by atoms with E-state index in [1.807, 2.05) is 0 Å². The van der Waals surface area contributed by atoms with E-state index in [0.29, 0.717) is 0 Å². The first-order valence-corrected chi connectivity index (χ1v) is 9.09. The van der Waals surface area contributed by atoms with E-state index < -0.39 is 0 Å². The molecule has 0 spiro atoms. The highest BCUT2D eigenvalue weighted by atomic mass is 14.1. The van der Waals surface area contributed by atoms with Crippen LogP contribution < -0.4 is 0 Å². The van der Waals surface area contributed by atoms with Gasteiger partial charge in [0.1, 0.15) is 0 Å². The summed E-state index contributed by atoms with van der Waals surface area (Å²) in [4.78, 5) is 0. The van der Waals surface area contributed by atoms with Gasteiger partial charge in [0.2, 0.25) is 0 Å². The second-order valence-electron chi connectivity index (χ2n) is 6.96. The Labute approximate surface area is 145 Å². The molecule has 0 aromatic heterocycles. The minimum Gasteiger partial charge on any atom is -0.0617 e. The van der Waals surface area contributed by atoms with E-state index in [-0.39, 0.29) is 0 Å². The summed E-state index contributed by atoms with van der Waals surface area (Å²) in [6.45, 7) is 0. The van der Waals surface area contributed by atoms with Crippen molar-refractivity contribution in [1.29, 1.82) is 0 Å². The van der Waals surface area contributed by atoms with Gasteiger partial charge in [-0.15, -0.1) is 0 Å². The summed E-state index contributed by atoms with van der Waals surface area (Å²) in [6, 6.07) is 27.5. The molecular formula is C24H24. The van der Waals surface area contributed by atoms with Crippen molar-refractivity contribution < 1.29 is 0 Å². The van der Waals surface area contributed by atoms with Gasteiger partial charge in [-0.3, -0.25) is 0 Å². The highest BCUT2D eigenvalue weighted by Gasteiger charge is 2.03. The van der Waals surface area contributed by atoms with Gasteiger partial charge >= 0.3 is 0 Å². The lowest BCUT2D eigenvalue weighted by atomic mass is 9.96. The second kappa shape index (κ2) is 7.05. The first-order valence-electron chi connectivity index (χ1n) is 9.09. The summed E-state index contributed by atoms with van der Waals surface area (Å²) in [6.07, 6.45) is 6.77. The lowest BCUT2D eigenvalue weighted by Gasteiger charge is -2.10. The molecule has 0 saturated carbocycles. The first kappa shape index (κ1) is 15.2. The topological polar surface area (TPSA) is 0 Å². The molecule has 5 rings (SSSR count). The monoisotopic (exact) mass is 312 g/mol. The molecule has 0 atom stereocenters. The van der Waals surface area contributed by atoms with Crippen LogP contribution in [0.4, 0.5) is 0 Å². The number of hydrogen-bond donors (Lipinski definition) is 0. The fourth-order valence-corrected chi connectivity index (χ4v) is 3.62. The van der Waals surface area contributed by atoms with Crippen LogP contribution in [0.2, 0.25) is 0 Å². The van der Waals surface area contributed by atoms with Gasteiger partial charge in [-0.05, 0) is 71.9 Å². The number of rotatable bonds is 0. The molecule has 0 fully saturated rings. The van der Waals surface area contributed by atoms with Crippen molar-refractivity contribution in [1.82, 2.24) is 0 Å². The molecule has 6 bridgehead atoms. The van der Waals surface area contributed by atoms with Gasteiger partial charge in [0, 0.05) is 0 Å². The standard InChI is InChI=1S/C24H24/c1-3-21-13-11-19-7-9-20(10-8-19)12-14-22-4-2-6-24(18-22)16-15-23(5-1)17-21/h1-10,17-18H,11-16H2. The zero-order valence-corrected chi connectivity index (χ0v) is 14.2. The molecule has 3 aromatic carbocycles. The van der Waals surface area contributed by atoms with Crippen molar-refractivity contribution in [3.8, 4) is 0 Å². The van der Waals surface area contributed by atoms with Gasteiger partial charge in [-0.2, -0.15) is 0 Å². The Morgan fingerprint density at radius 3 is 0.958 bits per heavy atom. The zero-order chi connectivity index (χ0) is 16.2. The lowest BCUT2D eigenvalue weighted by Crippen LogP contribution is -1.98. The van der Waals surface area contributed by atoms with Gasteiger partial charge in [-0.25, -0.2) is 0 Å². The van der Waals surface area contributed by atoms with Gasteiger partial charge < -0.3 is 0 Å². The zero-order valence-electron chi connectivity index (χ0n) is 14.2. The summed E-state index contributed by atoms with van der Waals surface area (Å²) in [5.41, 5.74) is 8.71. The number of fused-ring (bicyclic) bond motifs is 5. The lowest BCUT2D eigenvalue weighted by molar-refractivity contribution is 0.910. The summed E-state index contributed by atoms with van der Waals surface area (Å²) < 4.78 is 0. The van der Waals surface area contributed by atoms with Crippen LogP contribution >= 0.6 is 0 Å². The fraction of sp³-hybridized carbons (Fsp3) is 0.250. The molecule has 2 aliphatic carbocycles. The molecule has 0 nitrogen and oxygen atoms in total. The average molecular weight is 312 g/mol. The highest BCUT2D eigenvalue weighted by Crippen LogP contribution is 2.16. The van der Waals surface area contributed by atoms with E-state index in [1.165, 1.54) is 33.4 Å². The normalized spacial score (nSPS) is 14.5. The van der Waals surface area contributed by atoms with Crippen molar-refractivity contribution in [3.63, 3.8) is 0 Å². The summed E-state index contributed by atoms with van der Waals surface area (Å²) >= 11 is 0. The maximum Gasteiger partial charge on any atom is -0.0238 e. The Morgan fingerprint density at radius 1 is 0.333 bits per heavy atom. The number of hydrogen-bond acceptors (Lipinski definition) is 0. The molecule has 0 heterocycles. The third-order valence-corrected chi connectivity index (χ3v) is 5.11. The predicted octanol–water partition coefficient (Wildman–Crippen LogP) is 5.36. The Bertz CT molecular complexity index is 741. The smallest absolute Gasteiger partial charge is 0.0238 e. The van der Waals surface area contributed by atoms with Crippen molar-refractivity contribution in [2.75, 3.05) is 0 Å². The molecule has 2 aliphatic rings. The Balaban J connectivity index is 1.66. The van der Waals surface area contributed by atoms with Gasteiger partial charge in [-0.1, -0.05) is 72.8 Å². The largest absolute Gasteiger partial charge is 0.0617 e. The minimum atomic E-state index is 1.13. The van der Waals surface area contributed by atoms with Crippen LogP contribution in [0.5, 0.6) is 0 Å². The Kier molecular flexibility index (Phi) is 4.46. The first-order chi connectivity index (χ1) is 11.8. The maximum absolute atomic E-state index is 2.39. The molecule has 0 unspecified atom stereocenters. The molecular weight excluding hydrogens is 288 g/mol. The van der Waals surface area contributed by atoms with Crippen LogP contribution in [0.3, 0.4) is 0 Å². The van der Waals surface area contributed by atoms with E-state index in [2.05, 4.69) is 72.8 Å². The van der Waals surface area contributed by atoms with Gasteiger partial charge in [0.05, 0.1) is 0 Å². The SMILES string of the molecule is c1cc2cc(c1)CCc1cccc(c1)CCc1ccc(cc1)CC2. The van der Waals surface area contributed by atoms with Gasteiger partial charge in [0.25, 0.3) is 0 Å². The van der Waals surface area contributed by atoms with Crippen molar-refractivity contribution in [3.05, 3.63) is 106 Å². The van der Waals surface area contributed by atoms with Crippen LogP contribution in [0.1, 0.15) is 33.4 Å². The van der Waals surface area contributed by atoms with Crippen LogP contribution in [0.15, 0.2) is 72.8 Å². The average Bonchev–Trinajstić information content (AvgIpc) is 2.64. The molecule has 0 saturated heterocycles. The maximum atomic E-state index is 2.39. The van der Waals surface area contributed by atoms with E-state index in [0.717, 1.165) is 38.5 Å². The van der Waals surface area contributed by atoms with Gasteiger partial charge in [0.15, 0.2) is 0 Å². The van der Waals surface area contributed by atoms with E-state index in [4.69, 9.17) is 0 Å².